The number of ether oxygens (including phenoxy) is 1. The first-order valence-electron chi connectivity index (χ1n) is 3.22. The first-order chi connectivity index (χ1) is 4.43. The molecule has 0 aliphatic heterocycles. The van der Waals surface area contributed by atoms with Gasteiger partial charge in [0, 0.05) is 12.5 Å². The van der Waals surface area contributed by atoms with Crippen LogP contribution in [-0.2, 0) is 4.74 Å². The standard InChI is InChI=1S/C8H11O/c1-2-9-7-8-5-3-4-6-8/h3-6H,2,7H2,1H3. The lowest BCUT2D eigenvalue weighted by molar-refractivity contribution is 0.163. The molecule has 0 bridgehead atoms. The lowest BCUT2D eigenvalue weighted by Crippen LogP contribution is -2.03. The van der Waals surface area contributed by atoms with Crippen molar-refractivity contribution in [1.82, 2.24) is 0 Å². The molecule has 1 rings (SSSR count). The third-order valence-electron chi connectivity index (χ3n) is 1.20. The topological polar surface area (TPSA) is 9.23 Å². The molecule has 1 fully saturated rings. The van der Waals surface area contributed by atoms with Crippen LogP contribution in [0.2, 0.25) is 0 Å². The molecule has 1 aliphatic carbocycles. The molecule has 0 aromatic carbocycles. The van der Waals surface area contributed by atoms with Gasteiger partial charge in [-0.15, -0.1) is 0 Å². The van der Waals surface area contributed by atoms with Crippen molar-refractivity contribution >= 4 is 0 Å². The van der Waals surface area contributed by atoms with E-state index in [0.29, 0.717) is 0 Å². The molecule has 1 nitrogen and oxygen atoms in total. The van der Waals surface area contributed by atoms with Gasteiger partial charge >= 0.3 is 0 Å². The summed E-state index contributed by atoms with van der Waals surface area (Å²) in [5.41, 5.74) is 0. The molecule has 9 heavy (non-hydrogen) atoms. The van der Waals surface area contributed by atoms with Gasteiger partial charge in [-0.25, -0.2) is 0 Å². The molecule has 1 heteroatoms. The molecule has 0 unspecified atom stereocenters. The van der Waals surface area contributed by atoms with Crippen LogP contribution >= 0.6 is 0 Å². The highest BCUT2D eigenvalue weighted by molar-refractivity contribution is 5.35. The minimum absolute atomic E-state index is 0.753. The highest BCUT2D eigenvalue weighted by Crippen LogP contribution is 2.22. The molecule has 0 aromatic heterocycles. The second-order valence-electron chi connectivity index (χ2n) is 1.93. The molecule has 0 saturated heterocycles. The Hall–Kier alpha value is -0.0400. The zero-order chi connectivity index (χ0) is 6.53. The van der Waals surface area contributed by atoms with Crippen molar-refractivity contribution in [2.24, 2.45) is 0 Å². The molecular weight excluding hydrogens is 112 g/mol. The Kier molecular flexibility index (Phi) is 3.05. The van der Waals surface area contributed by atoms with Crippen LogP contribution in [0.5, 0.6) is 0 Å². The van der Waals surface area contributed by atoms with Gasteiger partial charge in [-0.05, 0) is 32.6 Å². The Bertz CT molecular complexity index is 65.0. The van der Waals surface area contributed by atoms with Gasteiger partial charge in [-0.3, -0.25) is 0 Å². The molecule has 1 aliphatic rings. The monoisotopic (exact) mass is 123 g/mol. The molecule has 1 saturated carbocycles. The van der Waals surface area contributed by atoms with E-state index in [1.165, 1.54) is 5.92 Å². The molecule has 49 valence electrons. The second-order valence-corrected chi connectivity index (χ2v) is 1.93. The third kappa shape index (κ3) is 2.35. The largest absolute Gasteiger partial charge is 0.381 e. The predicted octanol–water partition coefficient (Wildman–Crippen LogP) is 1.43. The SMILES string of the molecule is CCOC[C]1[CH][CH][CH][CH]1. The van der Waals surface area contributed by atoms with Gasteiger partial charge in [-0.1, -0.05) is 0 Å². The number of rotatable bonds is 3. The molecule has 0 N–H and O–H groups in total. The highest BCUT2D eigenvalue weighted by atomic mass is 16.5. The lowest BCUT2D eigenvalue weighted by atomic mass is 10.1. The minimum Gasteiger partial charge on any atom is -0.381 e. The average molecular weight is 123 g/mol. The van der Waals surface area contributed by atoms with Crippen LogP contribution in [0.25, 0.3) is 0 Å². The summed E-state index contributed by atoms with van der Waals surface area (Å²) in [5.74, 6) is 1.26. The Morgan fingerprint density at radius 1 is 1.33 bits per heavy atom. The minimum atomic E-state index is 0.753. The van der Waals surface area contributed by atoms with E-state index in [9.17, 15) is 0 Å². The van der Waals surface area contributed by atoms with Crippen LogP contribution in [0.4, 0.5) is 0 Å². The summed E-state index contributed by atoms with van der Waals surface area (Å²) in [6.45, 7) is 3.55. The smallest absolute Gasteiger partial charge is 0.0534 e. The van der Waals surface area contributed by atoms with E-state index in [-0.39, 0.29) is 0 Å². The normalized spacial score (nSPS) is 21.0. The van der Waals surface area contributed by atoms with E-state index >= 15 is 0 Å². The van der Waals surface area contributed by atoms with E-state index in [0.717, 1.165) is 13.2 Å². The van der Waals surface area contributed by atoms with Gasteiger partial charge in [-0.2, -0.15) is 0 Å². The summed E-state index contributed by atoms with van der Waals surface area (Å²) < 4.78 is 5.18. The summed E-state index contributed by atoms with van der Waals surface area (Å²) in [5, 5.41) is 0. The van der Waals surface area contributed by atoms with Crippen LogP contribution < -0.4 is 0 Å². The maximum Gasteiger partial charge on any atom is 0.0534 e. The van der Waals surface area contributed by atoms with Gasteiger partial charge in [0.2, 0.25) is 0 Å². The van der Waals surface area contributed by atoms with Crippen molar-refractivity contribution in [2.75, 3.05) is 13.2 Å². The second kappa shape index (κ2) is 3.89. The van der Waals surface area contributed by atoms with Crippen molar-refractivity contribution in [3.8, 4) is 0 Å². The van der Waals surface area contributed by atoms with Gasteiger partial charge in [0.05, 0.1) is 6.61 Å². The maximum atomic E-state index is 5.18. The predicted molar refractivity (Wildman–Crippen MR) is 36.9 cm³/mol. The summed E-state index contributed by atoms with van der Waals surface area (Å²) in [4.78, 5) is 0. The lowest BCUT2D eigenvalue weighted by Gasteiger charge is -2.05. The highest BCUT2D eigenvalue weighted by Gasteiger charge is 2.15. The van der Waals surface area contributed by atoms with Crippen molar-refractivity contribution in [2.45, 2.75) is 6.92 Å². The van der Waals surface area contributed by atoms with E-state index in [1.54, 1.807) is 0 Å². The summed E-state index contributed by atoms with van der Waals surface area (Å²) in [7, 11) is 0. The van der Waals surface area contributed by atoms with Crippen molar-refractivity contribution in [1.29, 1.82) is 0 Å². The molecule has 5 radical (unpaired) electrons. The number of hydrogen-bond acceptors (Lipinski definition) is 1. The first-order valence-corrected chi connectivity index (χ1v) is 3.22. The summed E-state index contributed by atoms with van der Waals surface area (Å²) in [6.07, 6.45) is 8.17. The van der Waals surface area contributed by atoms with E-state index < -0.39 is 0 Å². The number of hydrogen-bond donors (Lipinski definition) is 0. The molecule has 0 amide bonds. The van der Waals surface area contributed by atoms with Gasteiger partial charge in [0.1, 0.15) is 0 Å². The van der Waals surface area contributed by atoms with Crippen LogP contribution in [0.3, 0.4) is 0 Å². The van der Waals surface area contributed by atoms with Crippen LogP contribution in [0, 0.1) is 31.6 Å². The molecule has 0 aromatic rings. The zero-order valence-electron chi connectivity index (χ0n) is 5.63. The van der Waals surface area contributed by atoms with Gasteiger partial charge in [0.25, 0.3) is 0 Å². The Morgan fingerprint density at radius 2 is 2.00 bits per heavy atom. The fourth-order valence-electron chi connectivity index (χ4n) is 0.730. The Morgan fingerprint density at radius 3 is 2.56 bits per heavy atom. The Labute approximate surface area is 57.4 Å². The summed E-state index contributed by atoms with van der Waals surface area (Å²) in [6, 6.07) is 0. The van der Waals surface area contributed by atoms with Crippen molar-refractivity contribution in [3.05, 3.63) is 31.6 Å². The van der Waals surface area contributed by atoms with Gasteiger partial charge in [0.15, 0.2) is 0 Å². The molecule has 0 spiro atoms. The fourth-order valence-corrected chi connectivity index (χ4v) is 0.730. The van der Waals surface area contributed by atoms with E-state index in [2.05, 4.69) is 12.8 Å². The fraction of sp³-hybridized carbons (Fsp3) is 0.375. The zero-order valence-corrected chi connectivity index (χ0v) is 5.63. The molecule has 0 heterocycles. The van der Waals surface area contributed by atoms with Gasteiger partial charge < -0.3 is 4.74 Å². The quantitative estimate of drug-likeness (QED) is 0.551. The van der Waals surface area contributed by atoms with Crippen LogP contribution in [0.15, 0.2) is 0 Å². The van der Waals surface area contributed by atoms with Crippen molar-refractivity contribution in [3.63, 3.8) is 0 Å². The molecule has 0 atom stereocenters. The Balaban J connectivity index is 1.98. The van der Waals surface area contributed by atoms with Crippen LogP contribution in [0.1, 0.15) is 6.92 Å². The summed E-state index contributed by atoms with van der Waals surface area (Å²) >= 11 is 0. The third-order valence-corrected chi connectivity index (χ3v) is 1.20. The van der Waals surface area contributed by atoms with E-state index in [1.807, 2.05) is 19.8 Å². The maximum absolute atomic E-state index is 5.18. The molecular formula is C8H11O. The first kappa shape index (κ1) is 7.07. The average Bonchev–Trinajstić information content (AvgIpc) is 2.34. The van der Waals surface area contributed by atoms with Crippen LogP contribution in [-0.4, -0.2) is 13.2 Å². The van der Waals surface area contributed by atoms with Crippen molar-refractivity contribution < 1.29 is 4.74 Å². The van der Waals surface area contributed by atoms with E-state index in [4.69, 9.17) is 4.74 Å².